The highest BCUT2D eigenvalue weighted by atomic mass is 19.4. The normalized spacial score (nSPS) is 13.6. The number of alkyl halides is 3. The number of hydrogen-bond donors (Lipinski definition) is 2. The highest BCUT2D eigenvalue weighted by molar-refractivity contribution is 6.05. The molecule has 1 aliphatic heterocycles. The number of hydrogen-bond acceptors (Lipinski definition) is 10. The molecule has 0 radical (unpaired) electrons. The number of nitrogens with zero attached hydrogens (tertiary/aromatic N) is 6. The maximum atomic E-state index is 13.2. The summed E-state index contributed by atoms with van der Waals surface area (Å²) in [5, 5.41) is 9.99. The summed E-state index contributed by atoms with van der Waals surface area (Å²) in [4.78, 5) is 51.4. The molecule has 0 unspecified atom stereocenters. The van der Waals surface area contributed by atoms with E-state index in [0.717, 1.165) is 5.69 Å². The van der Waals surface area contributed by atoms with Gasteiger partial charge < -0.3 is 38.8 Å². The fourth-order valence-corrected chi connectivity index (χ4v) is 3.93. The minimum Gasteiger partial charge on any atom is -0.493 e. The quantitative estimate of drug-likeness (QED) is 0.410. The number of carboxylic acids is 1. The standard InChI is InChI=1S/C25H33N7O5.C2HF3O2/c1-7-36-22-18(21(33)28-17-12-19(35-6)20-27-16(2)14-32(20)15-17)13-26-23(29-22)30-8-10-31(11-9-30)24(34)37-25(3,4)5;3-2(4,5)1(6)7/h12-15H,7-11H2,1-6H3,(H,28,33);(H,6,7). The molecule has 0 saturated carbocycles. The Balaban J connectivity index is 0.000000676. The molecular formula is C27H34F3N7O7. The number of carboxylic acid groups (broad SMARTS) is 1. The summed E-state index contributed by atoms with van der Waals surface area (Å²) < 4.78 is 50.1. The van der Waals surface area contributed by atoms with Gasteiger partial charge in [-0.1, -0.05) is 0 Å². The molecule has 4 heterocycles. The number of imidazole rings is 1. The van der Waals surface area contributed by atoms with Gasteiger partial charge in [0.15, 0.2) is 11.4 Å². The van der Waals surface area contributed by atoms with Crippen molar-refractivity contribution in [3.8, 4) is 11.6 Å². The average molecular weight is 626 g/mol. The Morgan fingerprint density at radius 1 is 1.07 bits per heavy atom. The van der Waals surface area contributed by atoms with Gasteiger partial charge in [-0.05, 0) is 34.6 Å². The number of pyridine rings is 1. The number of carbonyl (C=O) groups is 3. The fourth-order valence-electron chi connectivity index (χ4n) is 3.93. The van der Waals surface area contributed by atoms with Crippen LogP contribution < -0.4 is 19.7 Å². The Kier molecular flexibility index (Phi) is 10.4. The van der Waals surface area contributed by atoms with Crippen LogP contribution in [-0.2, 0) is 9.53 Å². The number of aryl methyl sites for hydroxylation is 1. The second kappa shape index (κ2) is 13.6. The Labute approximate surface area is 250 Å². The number of carbonyl (C=O) groups excluding carboxylic acids is 2. The first kappa shape index (κ1) is 33.7. The third kappa shape index (κ3) is 8.84. The van der Waals surface area contributed by atoms with Gasteiger partial charge in [0, 0.05) is 50.8 Å². The van der Waals surface area contributed by atoms with Gasteiger partial charge in [-0.25, -0.2) is 19.6 Å². The molecule has 3 aromatic heterocycles. The number of aromatic nitrogens is 4. The molecule has 240 valence electrons. The third-order valence-electron chi connectivity index (χ3n) is 5.84. The topological polar surface area (TPSA) is 161 Å². The van der Waals surface area contributed by atoms with Crippen molar-refractivity contribution in [2.75, 3.05) is 50.1 Å². The van der Waals surface area contributed by atoms with Gasteiger partial charge in [0.05, 0.1) is 25.1 Å². The Hall–Kier alpha value is -4.83. The number of fused-ring (bicyclic) bond motifs is 1. The van der Waals surface area contributed by atoms with Crippen molar-refractivity contribution < 1.29 is 46.9 Å². The number of anilines is 2. The summed E-state index contributed by atoms with van der Waals surface area (Å²) in [5.74, 6) is -2.02. The largest absolute Gasteiger partial charge is 0.493 e. The maximum Gasteiger partial charge on any atom is 0.490 e. The van der Waals surface area contributed by atoms with E-state index in [1.54, 1.807) is 28.7 Å². The number of halogens is 3. The van der Waals surface area contributed by atoms with Crippen LogP contribution in [0.5, 0.6) is 11.6 Å². The predicted octanol–water partition coefficient (Wildman–Crippen LogP) is 3.78. The molecule has 0 atom stereocenters. The van der Waals surface area contributed by atoms with Crippen molar-refractivity contribution in [3.05, 3.63) is 35.9 Å². The third-order valence-corrected chi connectivity index (χ3v) is 5.84. The number of rotatable bonds is 6. The number of amides is 2. The minimum atomic E-state index is -5.08. The SMILES string of the molecule is CCOc1nc(N2CCN(C(=O)OC(C)(C)C)CC2)ncc1C(=O)Nc1cc(OC)c2nc(C)cn2c1.O=C(O)C(F)(F)F. The van der Waals surface area contributed by atoms with Crippen molar-refractivity contribution in [2.45, 2.75) is 46.4 Å². The van der Waals surface area contributed by atoms with Gasteiger partial charge in [0.2, 0.25) is 11.8 Å². The van der Waals surface area contributed by atoms with E-state index in [-0.39, 0.29) is 17.5 Å². The fraction of sp³-hybridized carbons (Fsp3) is 0.481. The lowest BCUT2D eigenvalue weighted by Crippen LogP contribution is -2.50. The molecule has 2 amide bonds. The predicted molar refractivity (Wildman–Crippen MR) is 151 cm³/mol. The van der Waals surface area contributed by atoms with Crippen molar-refractivity contribution in [1.82, 2.24) is 24.3 Å². The summed E-state index contributed by atoms with van der Waals surface area (Å²) in [6, 6.07) is 1.71. The van der Waals surface area contributed by atoms with Gasteiger partial charge in [0.25, 0.3) is 5.91 Å². The Morgan fingerprint density at radius 3 is 2.25 bits per heavy atom. The highest BCUT2D eigenvalue weighted by Gasteiger charge is 2.38. The molecule has 1 saturated heterocycles. The number of piperazine rings is 1. The van der Waals surface area contributed by atoms with E-state index in [0.29, 0.717) is 55.8 Å². The molecule has 2 N–H and O–H groups in total. The molecule has 0 aliphatic carbocycles. The first-order chi connectivity index (χ1) is 20.5. The van der Waals surface area contributed by atoms with Crippen LogP contribution in [0.25, 0.3) is 5.65 Å². The maximum absolute atomic E-state index is 13.2. The molecule has 0 bridgehead atoms. The van der Waals surface area contributed by atoms with Gasteiger partial charge in [-0.15, -0.1) is 0 Å². The van der Waals surface area contributed by atoms with Crippen LogP contribution in [0.15, 0.2) is 24.7 Å². The second-order valence-electron chi connectivity index (χ2n) is 10.4. The minimum absolute atomic E-state index is 0.186. The van der Waals surface area contributed by atoms with E-state index in [1.165, 1.54) is 6.20 Å². The van der Waals surface area contributed by atoms with Gasteiger partial charge in [-0.2, -0.15) is 18.2 Å². The molecule has 1 fully saturated rings. The average Bonchev–Trinajstić information content (AvgIpc) is 3.31. The summed E-state index contributed by atoms with van der Waals surface area (Å²) in [5.41, 5.74) is 1.67. The number of ether oxygens (including phenoxy) is 3. The number of nitrogens with one attached hydrogen (secondary N) is 1. The van der Waals surface area contributed by atoms with Gasteiger partial charge in [-0.3, -0.25) is 4.79 Å². The van der Waals surface area contributed by atoms with Crippen molar-refractivity contribution in [1.29, 1.82) is 0 Å². The molecule has 17 heteroatoms. The van der Waals surface area contributed by atoms with Crippen molar-refractivity contribution in [2.24, 2.45) is 0 Å². The first-order valence-corrected chi connectivity index (χ1v) is 13.4. The zero-order valence-corrected chi connectivity index (χ0v) is 25.1. The Morgan fingerprint density at radius 2 is 1.70 bits per heavy atom. The van der Waals surface area contributed by atoms with Gasteiger partial charge in [0.1, 0.15) is 11.2 Å². The van der Waals surface area contributed by atoms with E-state index < -0.39 is 23.7 Å². The zero-order chi connectivity index (χ0) is 32.8. The molecule has 1 aliphatic rings. The van der Waals surface area contributed by atoms with Crippen LogP contribution in [0.3, 0.4) is 0 Å². The van der Waals surface area contributed by atoms with Gasteiger partial charge >= 0.3 is 18.2 Å². The first-order valence-electron chi connectivity index (χ1n) is 13.4. The van der Waals surface area contributed by atoms with Crippen LogP contribution >= 0.6 is 0 Å². The molecule has 0 aromatic carbocycles. The van der Waals surface area contributed by atoms with Crippen molar-refractivity contribution >= 4 is 35.3 Å². The van der Waals surface area contributed by atoms with Crippen LogP contribution in [0.2, 0.25) is 0 Å². The molecular weight excluding hydrogens is 591 g/mol. The molecule has 3 aromatic rings. The summed E-state index contributed by atoms with van der Waals surface area (Å²) >= 11 is 0. The van der Waals surface area contributed by atoms with E-state index in [2.05, 4.69) is 20.3 Å². The zero-order valence-electron chi connectivity index (χ0n) is 25.1. The lowest BCUT2D eigenvalue weighted by molar-refractivity contribution is -0.192. The van der Waals surface area contributed by atoms with Crippen LogP contribution in [0.1, 0.15) is 43.7 Å². The smallest absolute Gasteiger partial charge is 0.490 e. The number of aliphatic carboxylic acids is 1. The van der Waals surface area contributed by atoms with E-state index in [4.69, 9.17) is 24.1 Å². The molecule has 44 heavy (non-hydrogen) atoms. The molecule has 0 spiro atoms. The van der Waals surface area contributed by atoms with Crippen LogP contribution in [-0.4, -0.2) is 99.0 Å². The monoisotopic (exact) mass is 625 g/mol. The van der Waals surface area contributed by atoms with E-state index in [9.17, 15) is 22.8 Å². The summed E-state index contributed by atoms with van der Waals surface area (Å²) in [7, 11) is 1.55. The van der Waals surface area contributed by atoms with E-state index >= 15 is 0 Å². The van der Waals surface area contributed by atoms with E-state index in [1.807, 2.05) is 45.7 Å². The molecule has 14 nitrogen and oxygen atoms in total. The lowest BCUT2D eigenvalue weighted by atomic mass is 10.2. The number of methoxy groups -OCH3 is 1. The summed E-state index contributed by atoms with van der Waals surface area (Å²) in [6.07, 6.45) is -0.356. The van der Waals surface area contributed by atoms with Crippen LogP contribution in [0.4, 0.5) is 29.6 Å². The Bertz CT molecular complexity index is 1500. The van der Waals surface area contributed by atoms with Crippen molar-refractivity contribution in [3.63, 3.8) is 0 Å². The summed E-state index contributed by atoms with van der Waals surface area (Å²) in [6.45, 7) is 11.6. The van der Waals surface area contributed by atoms with Crippen LogP contribution in [0, 0.1) is 6.92 Å². The second-order valence-corrected chi connectivity index (χ2v) is 10.4. The molecule has 4 rings (SSSR count). The lowest BCUT2D eigenvalue weighted by Gasteiger charge is -2.35. The highest BCUT2D eigenvalue weighted by Crippen LogP contribution is 2.26.